The molecule has 0 fully saturated rings. The minimum atomic E-state index is -0.885. The van der Waals surface area contributed by atoms with Crippen LogP contribution in [0.15, 0.2) is 59.8 Å². The minimum Gasteiger partial charge on any atom is -0.481 e. The average molecular weight is 269 g/mol. The number of hydrogen-bond acceptors (Lipinski definition) is 3. The highest BCUT2D eigenvalue weighted by atomic mass is 16.4. The highest BCUT2D eigenvalue weighted by molar-refractivity contribution is 6.12. The summed E-state index contributed by atoms with van der Waals surface area (Å²) < 4.78 is 0. The second kappa shape index (κ2) is 6.02. The molecule has 4 heteroatoms. The number of hydrogen-bond donors (Lipinski definition) is 2. The van der Waals surface area contributed by atoms with Gasteiger partial charge in [-0.05, 0) is 18.6 Å². The lowest BCUT2D eigenvalue weighted by Crippen LogP contribution is -2.09. The van der Waals surface area contributed by atoms with Crippen LogP contribution < -0.4 is 0 Å². The van der Waals surface area contributed by atoms with Crippen molar-refractivity contribution in [1.82, 2.24) is 0 Å². The molecule has 0 saturated heterocycles. The van der Waals surface area contributed by atoms with E-state index in [1.165, 1.54) is 0 Å². The van der Waals surface area contributed by atoms with Gasteiger partial charge in [0.05, 0.1) is 5.92 Å². The van der Waals surface area contributed by atoms with Crippen LogP contribution in [0.1, 0.15) is 29.5 Å². The topological polar surface area (TPSA) is 69.9 Å². The lowest BCUT2D eigenvalue weighted by molar-refractivity contribution is -0.138. The maximum absolute atomic E-state index is 11.0. The molecular weight excluding hydrogens is 254 g/mol. The smallest absolute Gasteiger partial charge is 0.310 e. The van der Waals surface area contributed by atoms with Gasteiger partial charge in [0.25, 0.3) is 0 Å². The van der Waals surface area contributed by atoms with Crippen LogP contribution in [0.4, 0.5) is 0 Å². The lowest BCUT2D eigenvalue weighted by atomic mass is 9.95. The zero-order valence-corrected chi connectivity index (χ0v) is 11.0. The molecule has 0 aliphatic heterocycles. The SMILES string of the molecule is C[C@H](C(=O)O)c1cccc(/C(=N\O)c2ccccc2)c1. The highest BCUT2D eigenvalue weighted by Gasteiger charge is 2.15. The van der Waals surface area contributed by atoms with E-state index in [4.69, 9.17) is 5.11 Å². The summed E-state index contributed by atoms with van der Waals surface area (Å²) in [6, 6.07) is 16.3. The molecule has 0 aliphatic carbocycles. The highest BCUT2D eigenvalue weighted by Crippen LogP contribution is 2.19. The summed E-state index contributed by atoms with van der Waals surface area (Å²) >= 11 is 0. The van der Waals surface area contributed by atoms with Gasteiger partial charge in [0, 0.05) is 11.1 Å². The third-order valence-electron chi connectivity index (χ3n) is 3.18. The van der Waals surface area contributed by atoms with Crippen LogP contribution in [-0.4, -0.2) is 22.0 Å². The van der Waals surface area contributed by atoms with Gasteiger partial charge >= 0.3 is 5.97 Å². The Balaban J connectivity index is 2.42. The summed E-state index contributed by atoms with van der Waals surface area (Å²) in [5.74, 6) is -1.49. The zero-order chi connectivity index (χ0) is 14.5. The quantitative estimate of drug-likeness (QED) is 0.509. The predicted octanol–water partition coefficient (Wildman–Crippen LogP) is 3.10. The van der Waals surface area contributed by atoms with Gasteiger partial charge in [-0.25, -0.2) is 0 Å². The Labute approximate surface area is 117 Å². The number of benzene rings is 2. The van der Waals surface area contributed by atoms with E-state index in [0.29, 0.717) is 16.8 Å². The molecule has 2 aromatic rings. The monoisotopic (exact) mass is 269 g/mol. The summed E-state index contributed by atoms with van der Waals surface area (Å²) in [6.45, 7) is 1.62. The molecule has 0 heterocycles. The van der Waals surface area contributed by atoms with Crippen molar-refractivity contribution in [1.29, 1.82) is 0 Å². The minimum absolute atomic E-state index is 0.421. The molecule has 0 aromatic heterocycles. The van der Waals surface area contributed by atoms with Gasteiger partial charge in [-0.15, -0.1) is 0 Å². The molecule has 2 N–H and O–H groups in total. The van der Waals surface area contributed by atoms with E-state index in [0.717, 1.165) is 5.56 Å². The van der Waals surface area contributed by atoms with Crippen molar-refractivity contribution < 1.29 is 15.1 Å². The van der Waals surface area contributed by atoms with Crippen molar-refractivity contribution in [2.75, 3.05) is 0 Å². The van der Waals surface area contributed by atoms with E-state index in [-0.39, 0.29) is 0 Å². The first-order valence-electron chi connectivity index (χ1n) is 6.24. The Hall–Kier alpha value is -2.62. The van der Waals surface area contributed by atoms with Crippen molar-refractivity contribution >= 4 is 11.7 Å². The van der Waals surface area contributed by atoms with Gasteiger partial charge in [-0.3, -0.25) is 4.79 Å². The Morgan fingerprint density at radius 2 is 1.70 bits per heavy atom. The van der Waals surface area contributed by atoms with Crippen LogP contribution in [0.5, 0.6) is 0 Å². The van der Waals surface area contributed by atoms with Crippen molar-refractivity contribution in [2.45, 2.75) is 12.8 Å². The van der Waals surface area contributed by atoms with E-state index >= 15 is 0 Å². The Bertz CT molecular complexity index is 635. The summed E-state index contributed by atoms with van der Waals surface area (Å²) in [7, 11) is 0. The third-order valence-corrected chi connectivity index (χ3v) is 3.18. The molecule has 0 radical (unpaired) electrons. The van der Waals surface area contributed by atoms with E-state index in [1.54, 1.807) is 31.2 Å². The third kappa shape index (κ3) is 2.85. The molecule has 0 saturated carbocycles. The van der Waals surface area contributed by atoms with Crippen molar-refractivity contribution in [2.24, 2.45) is 5.16 Å². The number of nitrogens with zero attached hydrogens (tertiary/aromatic N) is 1. The number of carboxylic acid groups (broad SMARTS) is 1. The average Bonchev–Trinajstić information content (AvgIpc) is 2.48. The molecule has 0 aliphatic rings. The normalized spacial score (nSPS) is 12.9. The lowest BCUT2D eigenvalue weighted by Gasteiger charge is -2.10. The molecule has 0 spiro atoms. The Morgan fingerprint density at radius 3 is 2.30 bits per heavy atom. The van der Waals surface area contributed by atoms with Crippen molar-refractivity contribution in [3.8, 4) is 0 Å². The molecule has 0 unspecified atom stereocenters. The fourth-order valence-electron chi connectivity index (χ4n) is 1.98. The van der Waals surface area contributed by atoms with E-state index < -0.39 is 11.9 Å². The van der Waals surface area contributed by atoms with E-state index in [9.17, 15) is 10.0 Å². The molecule has 0 amide bonds. The Kier molecular flexibility index (Phi) is 4.15. The van der Waals surface area contributed by atoms with Crippen LogP contribution >= 0.6 is 0 Å². The van der Waals surface area contributed by atoms with E-state index in [1.807, 2.05) is 30.3 Å². The van der Waals surface area contributed by atoms with Gasteiger partial charge in [-0.2, -0.15) is 0 Å². The molecular formula is C16H15NO3. The van der Waals surface area contributed by atoms with Crippen molar-refractivity contribution in [3.63, 3.8) is 0 Å². The standard InChI is InChI=1S/C16H15NO3/c1-11(16(18)19)13-8-5-9-14(10-13)15(17-20)12-6-3-2-4-7-12/h2-11,20H,1H3,(H,18,19)/b17-15-/t11-/m0/s1. The number of rotatable bonds is 4. The summed E-state index contributed by atoms with van der Waals surface area (Å²) in [5.41, 5.74) is 2.55. The molecule has 2 rings (SSSR count). The Morgan fingerprint density at radius 1 is 1.05 bits per heavy atom. The maximum Gasteiger partial charge on any atom is 0.310 e. The predicted molar refractivity (Wildman–Crippen MR) is 76.4 cm³/mol. The largest absolute Gasteiger partial charge is 0.481 e. The maximum atomic E-state index is 11.0. The van der Waals surface area contributed by atoms with Gasteiger partial charge in [0.15, 0.2) is 0 Å². The van der Waals surface area contributed by atoms with Gasteiger partial charge in [0.2, 0.25) is 0 Å². The molecule has 1 atom stereocenters. The fourth-order valence-corrected chi connectivity index (χ4v) is 1.98. The first-order chi connectivity index (χ1) is 9.63. The van der Waals surface area contributed by atoms with Crippen LogP contribution in [0.3, 0.4) is 0 Å². The molecule has 20 heavy (non-hydrogen) atoms. The van der Waals surface area contributed by atoms with E-state index in [2.05, 4.69) is 5.16 Å². The zero-order valence-electron chi connectivity index (χ0n) is 11.0. The molecule has 102 valence electrons. The molecule has 2 aromatic carbocycles. The summed E-state index contributed by atoms with van der Waals surface area (Å²) in [6.07, 6.45) is 0. The molecule has 0 bridgehead atoms. The first-order valence-corrected chi connectivity index (χ1v) is 6.24. The first kappa shape index (κ1) is 13.8. The summed E-state index contributed by atoms with van der Waals surface area (Å²) in [5, 5.41) is 21.6. The second-order valence-electron chi connectivity index (χ2n) is 4.50. The van der Waals surface area contributed by atoms with Crippen LogP contribution in [0.25, 0.3) is 0 Å². The number of oxime groups is 1. The van der Waals surface area contributed by atoms with Crippen molar-refractivity contribution in [3.05, 3.63) is 71.3 Å². The fraction of sp³-hybridized carbons (Fsp3) is 0.125. The van der Waals surface area contributed by atoms with Crippen LogP contribution in [0.2, 0.25) is 0 Å². The van der Waals surface area contributed by atoms with Crippen LogP contribution in [-0.2, 0) is 4.79 Å². The number of aliphatic carboxylic acids is 1. The van der Waals surface area contributed by atoms with Gasteiger partial charge < -0.3 is 10.3 Å². The summed E-state index contributed by atoms with van der Waals surface area (Å²) in [4.78, 5) is 11.0. The number of carbonyl (C=O) groups is 1. The number of carboxylic acids is 1. The van der Waals surface area contributed by atoms with Crippen LogP contribution in [0, 0.1) is 0 Å². The second-order valence-corrected chi connectivity index (χ2v) is 4.50. The van der Waals surface area contributed by atoms with Gasteiger partial charge in [0.1, 0.15) is 5.71 Å². The molecule has 4 nitrogen and oxygen atoms in total. The van der Waals surface area contributed by atoms with Gasteiger partial charge in [-0.1, -0.05) is 53.7 Å².